The number of hydrogen-bond donors (Lipinski definition) is 2. The summed E-state index contributed by atoms with van der Waals surface area (Å²) in [6.45, 7) is 0.171. The first kappa shape index (κ1) is 9.09. The fraction of sp³-hybridized carbons (Fsp3) is 0.273. The summed E-state index contributed by atoms with van der Waals surface area (Å²) in [5.74, 6) is 0.840. The SMILES string of the molecule is COc1cccc2c(CCO)c[nH]c12. The number of aromatic nitrogens is 1. The summed E-state index contributed by atoms with van der Waals surface area (Å²) in [5, 5.41) is 10.0. The first-order valence-electron chi connectivity index (χ1n) is 4.60. The number of aromatic amines is 1. The average Bonchev–Trinajstić information content (AvgIpc) is 2.62. The van der Waals surface area contributed by atoms with E-state index < -0.39 is 0 Å². The number of benzene rings is 1. The number of H-pyrrole nitrogens is 1. The molecule has 1 heterocycles. The number of rotatable bonds is 3. The van der Waals surface area contributed by atoms with Crippen LogP contribution in [0.2, 0.25) is 0 Å². The number of hydrogen-bond acceptors (Lipinski definition) is 2. The van der Waals surface area contributed by atoms with Crippen molar-refractivity contribution in [2.45, 2.75) is 6.42 Å². The van der Waals surface area contributed by atoms with Crippen LogP contribution in [0.25, 0.3) is 10.9 Å². The maximum absolute atomic E-state index is 8.88. The Morgan fingerprint density at radius 2 is 2.29 bits per heavy atom. The van der Waals surface area contributed by atoms with Crippen LogP contribution in [0.15, 0.2) is 24.4 Å². The van der Waals surface area contributed by atoms with Crippen LogP contribution in [0.5, 0.6) is 5.75 Å². The lowest BCUT2D eigenvalue weighted by Gasteiger charge is -2.01. The third-order valence-electron chi connectivity index (χ3n) is 2.36. The summed E-state index contributed by atoms with van der Waals surface area (Å²) >= 11 is 0. The number of ether oxygens (including phenoxy) is 1. The van der Waals surface area contributed by atoms with E-state index in [1.807, 2.05) is 24.4 Å². The first-order valence-corrected chi connectivity index (χ1v) is 4.60. The Morgan fingerprint density at radius 1 is 1.43 bits per heavy atom. The van der Waals surface area contributed by atoms with Gasteiger partial charge in [-0.15, -0.1) is 0 Å². The Labute approximate surface area is 82.3 Å². The lowest BCUT2D eigenvalue weighted by atomic mass is 10.1. The van der Waals surface area contributed by atoms with Gasteiger partial charge in [-0.1, -0.05) is 12.1 Å². The average molecular weight is 191 g/mol. The zero-order valence-electron chi connectivity index (χ0n) is 8.08. The normalized spacial score (nSPS) is 10.7. The highest BCUT2D eigenvalue weighted by Gasteiger charge is 2.06. The van der Waals surface area contributed by atoms with Gasteiger partial charge < -0.3 is 14.8 Å². The molecule has 0 aliphatic carbocycles. The third-order valence-corrected chi connectivity index (χ3v) is 2.36. The Bertz CT molecular complexity index is 434. The van der Waals surface area contributed by atoms with Crippen LogP contribution in [-0.2, 0) is 6.42 Å². The molecule has 0 spiro atoms. The van der Waals surface area contributed by atoms with Crippen molar-refractivity contribution >= 4 is 10.9 Å². The second-order valence-corrected chi connectivity index (χ2v) is 3.17. The zero-order chi connectivity index (χ0) is 9.97. The van der Waals surface area contributed by atoms with Gasteiger partial charge in [-0.2, -0.15) is 0 Å². The topological polar surface area (TPSA) is 45.2 Å². The molecule has 0 radical (unpaired) electrons. The summed E-state index contributed by atoms with van der Waals surface area (Å²) in [4.78, 5) is 3.16. The van der Waals surface area contributed by atoms with Crippen molar-refractivity contribution in [2.75, 3.05) is 13.7 Å². The Balaban J connectivity index is 2.57. The van der Waals surface area contributed by atoms with Crippen LogP contribution in [-0.4, -0.2) is 23.8 Å². The van der Waals surface area contributed by atoms with Gasteiger partial charge in [-0.25, -0.2) is 0 Å². The Kier molecular flexibility index (Phi) is 2.41. The number of fused-ring (bicyclic) bond motifs is 1. The van der Waals surface area contributed by atoms with E-state index in [-0.39, 0.29) is 6.61 Å². The van der Waals surface area contributed by atoms with Crippen molar-refractivity contribution in [3.05, 3.63) is 30.0 Å². The number of nitrogens with one attached hydrogen (secondary N) is 1. The molecule has 2 rings (SSSR count). The molecular weight excluding hydrogens is 178 g/mol. The van der Waals surface area contributed by atoms with Crippen LogP contribution in [0.3, 0.4) is 0 Å². The lowest BCUT2D eigenvalue weighted by molar-refractivity contribution is 0.300. The largest absolute Gasteiger partial charge is 0.495 e. The highest BCUT2D eigenvalue weighted by atomic mass is 16.5. The van der Waals surface area contributed by atoms with Crippen LogP contribution in [0, 0.1) is 0 Å². The van der Waals surface area contributed by atoms with Crippen molar-refractivity contribution in [2.24, 2.45) is 0 Å². The summed E-state index contributed by atoms with van der Waals surface area (Å²) in [7, 11) is 1.65. The fourth-order valence-corrected chi connectivity index (χ4v) is 1.68. The van der Waals surface area contributed by atoms with Crippen LogP contribution in [0.4, 0.5) is 0 Å². The quantitative estimate of drug-likeness (QED) is 0.775. The number of methoxy groups -OCH3 is 1. The fourth-order valence-electron chi connectivity index (χ4n) is 1.68. The Morgan fingerprint density at radius 3 is 3.00 bits per heavy atom. The zero-order valence-corrected chi connectivity index (χ0v) is 8.08. The van der Waals surface area contributed by atoms with Crippen molar-refractivity contribution in [1.82, 2.24) is 4.98 Å². The van der Waals surface area contributed by atoms with Gasteiger partial charge in [0.1, 0.15) is 5.75 Å². The van der Waals surface area contributed by atoms with Gasteiger partial charge in [0.15, 0.2) is 0 Å². The molecule has 0 unspecified atom stereocenters. The molecule has 3 heteroatoms. The lowest BCUT2D eigenvalue weighted by Crippen LogP contribution is -1.88. The molecule has 0 saturated heterocycles. The van der Waals surface area contributed by atoms with Gasteiger partial charge >= 0.3 is 0 Å². The molecule has 1 aromatic heterocycles. The predicted octanol–water partition coefficient (Wildman–Crippen LogP) is 1.71. The van der Waals surface area contributed by atoms with E-state index in [1.165, 1.54) is 0 Å². The van der Waals surface area contributed by atoms with Gasteiger partial charge in [0.05, 0.1) is 12.6 Å². The molecule has 1 aromatic carbocycles. The van der Waals surface area contributed by atoms with Crippen LogP contribution in [0.1, 0.15) is 5.56 Å². The van der Waals surface area contributed by atoms with Gasteiger partial charge in [0.25, 0.3) is 0 Å². The molecule has 0 atom stereocenters. The molecule has 0 amide bonds. The van der Waals surface area contributed by atoms with Crippen LogP contribution < -0.4 is 4.74 Å². The second kappa shape index (κ2) is 3.72. The minimum absolute atomic E-state index is 0.171. The van der Waals surface area contributed by atoms with E-state index in [1.54, 1.807) is 7.11 Å². The van der Waals surface area contributed by atoms with Crippen molar-refractivity contribution in [1.29, 1.82) is 0 Å². The van der Waals surface area contributed by atoms with E-state index in [9.17, 15) is 0 Å². The van der Waals surface area contributed by atoms with E-state index in [0.717, 1.165) is 22.2 Å². The highest BCUT2D eigenvalue weighted by molar-refractivity contribution is 5.88. The standard InChI is InChI=1S/C11H13NO2/c1-14-10-4-2-3-9-8(5-6-13)7-12-11(9)10/h2-4,7,12-13H,5-6H2,1H3. The minimum Gasteiger partial charge on any atom is -0.495 e. The molecule has 2 aromatic rings. The minimum atomic E-state index is 0.171. The maximum atomic E-state index is 8.88. The first-order chi connectivity index (χ1) is 6.86. The van der Waals surface area contributed by atoms with E-state index in [2.05, 4.69) is 4.98 Å². The van der Waals surface area contributed by atoms with Gasteiger partial charge in [0, 0.05) is 18.2 Å². The van der Waals surface area contributed by atoms with Crippen molar-refractivity contribution in [3.63, 3.8) is 0 Å². The number of para-hydroxylation sites is 1. The molecule has 3 nitrogen and oxygen atoms in total. The number of aliphatic hydroxyl groups excluding tert-OH is 1. The van der Waals surface area contributed by atoms with Crippen molar-refractivity contribution in [3.8, 4) is 5.75 Å². The molecule has 2 N–H and O–H groups in total. The number of aliphatic hydroxyl groups is 1. The molecular formula is C11H13NO2. The van der Waals surface area contributed by atoms with Gasteiger partial charge in [0.2, 0.25) is 0 Å². The smallest absolute Gasteiger partial charge is 0.142 e. The highest BCUT2D eigenvalue weighted by Crippen LogP contribution is 2.26. The molecule has 74 valence electrons. The molecule has 0 aliphatic heterocycles. The van der Waals surface area contributed by atoms with E-state index in [0.29, 0.717) is 6.42 Å². The monoisotopic (exact) mass is 191 g/mol. The summed E-state index contributed by atoms with van der Waals surface area (Å²) in [5.41, 5.74) is 2.12. The summed E-state index contributed by atoms with van der Waals surface area (Å²) in [6.07, 6.45) is 2.59. The maximum Gasteiger partial charge on any atom is 0.142 e. The molecule has 0 fully saturated rings. The summed E-state index contributed by atoms with van der Waals surface area (Å²) in [6, 6.07) is 5.90. The third kappa shape index (κ3) is 1.36. The molecule has 0 saturated carbocycles. The van der Waals surface area contributed by atoms with Gasteiger partial charge in [-0.05, 0) is 18.1 Å². The van der Waals surface area contributed by atoms with E-state index in [4.69, 9.17) is 9.84 Å². The predicted molar refractivity (Wildman–Crippen MR) is 55.6 cm³/mol. The second-order valence-electron chi connectivity index (χ2n) is 3.17. The van der Waals surface area contributed by atoms with Gasteiger partial charge in [-0.3, -0.25) is 0 Å². The molecule has 14 heavy (non-hydrogen) atoms. The van der Waals surface area contributed by atoms with E-state index >= 15 is 0 Å². The van der Waals surface area contributed by atoms with Crippen molar-refractivity contribution < 1.29 is 9.84 Å². The Hall–Kier alpha value is -1.48. The van der Waals surface area contributed by atoms with Crippen LogP contribution >= 0.6 is 0 Å². The summed E-state index contributed by atoms with van der Waals surface area (Å²) < 4.78 is 5.23. The molecule has 0 bridgehead atoms. The molecule has 0 aliphatic rings.